The zero-order valence-corrected chi connectivity index (χ0v) is 18.1. The first-order chi connectivity index (χ1) is 13.6. The number of sulfonamides is 1. The Morgan fingerprint density at radius 3 is 2.55 bits per heavy atom. The molecule has 2 aromatic carbocycles. The van der Waals surface area contributed by atoms with Crippen molar-refractivity contribution < 1.29 is 22.3 Å². The molecule has 158 valence electrons. The van der Waals surface area contributed by atoms with Gasteiger partial charge in [0.1, 0.15) is 24.2 Å². The van der Waals surface area contributed by atoms with Gasteiger partial charge in [-0.3, -0.25) is 9.10 Å². The number of ether oxygens (including phenoxy) is 1. The lowest BCUT2D eigenvalue weighted by Gasteiger charge is -2.30. The lowest BCUT2D eigenvalue weighted by Crippen LogP contribution is -2.50. The molecule has 9 heteroatoms. The van der Waals surface area contributed by atoms with Crippen LogP contribution in [0.25, 0.3) is 0 Å². The number of hydrogen-bond donors (Lipinski definition) is 1. The highest BCUT2D eigenvalue weighted by Gasteiger charge is 2.32. The van der Waals surface area contributed by atoms with E-state index < -0.39 is 27.8 Å². The quantitative estimate of drug-likeness (QED) is 0.603. The maximum absolute atomic E-state index is 14.2. The Bertz CT molecular complexity index is 969. The van der Waals surface area contributed by atoms with Gasteiger partial charge in [-0.25, -0.2) is 12.8 Å². The van der Waals surface area contributed by atoms with Gasteiger partial charge in [0.05, 0.1) is 18.5 Å². The van der Waals surface area contributed by atoms with E-state index in [-0.39, 0.29) is 25.3 Å². The summed E-state index contributed by atoms with van der Waals surface area (Å²) in [5, 5.41) is 3.22. The van der Waals surface area contributed by atoms with Crippen molar-refractivity contribution in [3.63, 3.8) is 0 Å². The topological polar surface area (TPSA) is 75.7 Å². The van der Waals surface area contributed by atoms with Crippen molar-refractivity contribution in [2.45, 2.75) is 26.3 Å². The Morgan fingerprint density at radius 1 is 1.28 bits per heavy atom. The number of benzene rings is 2. The molecule has 0 aliphatic carbocycles. The van der Waals surface area contributed by atoms with Crippen molar-refractivity contribution in [2.24, 2.45) is 0 Å². The average Bonchev–Trinajstić information content (AvgIpc) is 2.65. The number of aryl methyl sites for hydroxylation is 1. The highest BCUT2D eigenvalue weighted by Crippen LogP contribution is 2.25. The van der Waals surface area contributed by atoms with Crippen LogP contribution in [-0.2, 0) is 14.8 Å². The Labute approximate surface area is 175 Å². The molecule has 0 radical (unpaired) electrons. The fourth-order valence-corrected chi connectivity index (χ4v) is 4.17. The van der Waals surface area contributed by atoms with Gasteiger partial charge in [0.25, 0.3) is 0 Å². The molecule has 0 bridgehead atoms. The molecule has 6 nitrogen and oxygen atoms in total. The van der Waals surface area contributed by atoms with E-state index in [2.05, 4.69) is 5.32 Å². The van der Waals surface area contributed by atoms with Crippen LogP contribution in [0.1, 0.15) is 18.9 Å². The lowest BCUT2D eigenvalue weighted by atomic mass is 10.2. The lowest BCUT2D eigenvalue weighted by molar-refractivity contribution is -0.122. The molecule has 29 heavy (non-hydrogen) atoms. The number of anilines is 1. The molecule has 0 aliphatic heterocycles. The minimum atomic E-state index is -3.89. The number of carbonyl (C=O) groups excluding carboxylic acids is 1. The van der Waals surface area contributed by atoms with Crippen LogP contribution >= 0.6 is 11.6 Å². The predicted octanol–water partition coefficient (Wildman–Crippen LogP) is 3.53. The second-order valence-corrected chi connectivity index (χ2v) is 8.75. The van der Waals surface area contributed by atoms with Crippen LogP contribution in [0.3, 0.4) is 0 Å². The molecule has 2 rings (SSSR count). The van der Waals surface area contributed by atoms with E-state index in [0.29, 0.717) is 10.8 Å². The zero-order chi connectivity index (χ0) is 21.6. The fraction of sp³-hybridized carbons (Fsp3) is 0.350. The summed E-state index contributed by atoms with van der Waals surface area (Å²) in [6.07, 6.45) is 1.11. The van der Waals surface area contributed by atoms with E-state index in [0.717, 1.165) is 22.2 Å². The Kier molecular flexibility index (Phi) is 7.87. The predicted molar refractivity (Wildman–Crippen MR) is 112 cm³/mol. The normalized spacial score (nSPS) is 12.3. The summed E-state index contributed by atoms with van der Waals surface area (Å²) in [5.41, 5.74) is 0.759. The van der Waals surface area contributed by atoms with E-state index in [9.17, 15) is 17.6 Å². The Balaban J connectivity index is 2.05. The standard InChI is InChI=1S/C20H24ClFN2O4S/c1-4-18(24(29(3,26)27)19-8-6-5-7-17(19)22)20(25)23-11-12-28-15-10-9-14(2)16(21)13-15/h5-10,13,18H,4,11-12H2,1-3H3,(H,23,25)/t18-/m1/s1. The second kappa shape index (κ2) is 9.93. The number of halogens is 2. The molecule has 0 aromatic heterocycles. The first kappa shape index (κ1) is 23.0. The minimum absolute atomic E-state index is 0.149. The van der Waals surface area contributed by atoms with Gasteiger partial charge in [0.15, 0.2) is 0 Å². The Hall–Kier alpha value is -2.32. The molecule has 0 fully saturated rings. The molecular weight excluding hydrogens is 419 g/mol. The van der Waals surface area contributed by atoms with Crippen LogP contribution in [0.5, 0.6) is 5.75 Å². The van der Waals surface area contributed by atoms with Crippen molar-refractivity contribution >= 4 is 33.2 Å². The number of nitrogens with one attached hydrogen (secondary N) is 1. The highest BCUT2D eigenvalue weighted by molar-refractivity contribution is 7.92. The third-order valence-electron chi connectivity index (χ3n) is 4.23. The number of para-hydroxylation sites is 1. The van der Waals surface area contributed by atoms with Gasteiger partial charge in [-0.2, -0.15) is 0 Å². The van der Waals surface area contributed by atoms with Crippen LogP contribution < -0.4 is 14.4 Å². The molecule has 0 heterocycles. The van der Waals surface area contributed by atoms with Crippen LogP contribution in [-0.4, -0.2) is 39.8 Å². The summed E-state index contributed by atoms with van der Waals surface area (Å²) in [6.45, 7) is 3.85. The highest BCUT2D eigenvalue weighted by atomic mass is 35.5. The van der Waals surface area contributed by atoms with Crippen molar-refractivity contribution in [3.05, 3.63) is 58.9 Å². The van der Waals surface area contributed by atoms with Gasteiger partial charge in [-0.15, -0.1) is 0 Å². The van der Waals surface area contributed by atoms with E-state index >= 15 is 0 Å². The van der Waals surface area contributed by atoms with Crippen molar-refractivity contribution in [2.75, 3.05) is 23.7 Å². The summed E-state index contributed by atoms with van der Waals surface area (Å²) in [4.78, 5) is 12.6. The minimum Gasteiger partial charge on any atom is -0.492 e. The number of hydrogen-bond acceptors (Lipinski definition) is 4. The van der Waals surface area contributed by atoms with Crippen LogP contribution in [0.2, 0.25) is 5.02 Å². The Morgan fingerprint density at radius 2 is 1.97 bits per heavy atom. The monoisotopic (exact) mass is 442 g/mol. The zero-order valence-electron chi connectivity index (χ0n) is 16.5. The molecule has 1 N–H and O–H groups in total. The maximum Gasteiger partial charge on any atom is 0.244 e. The van der Waals surface area contributed by atoms with Crippen molar-refractivity contribution in [1.29, 1.82) is 0 Å². The molecule has 0 spiro atoms. The summed E-state index contributed by atoms with van der Waals surface area (Å²) >= 11 is 6.04. The first-order valence-electron chi connectivity index (χ1n) is 9.05. The van der Waals surface area contributed by atoms with Crippen molar-refractivity contribution in [1.82, 2.24) is 5.32 Å². The first-order valence-corrected chi connectivity index (χ1v) is 11.3. The molecule has 1 amide bonds. The summed E-state index contributed by atoms with van der Waals surface area (Å²) in [7, 11) is -3.89. The smallest absolute Gasteiger partial charge is 0.244 e. The van der Waals surface area contributed by atoms with Gasteiger partial charge in [0, 0.05) is 5.02 Å². The SMILES string of the molecule is CC[C@H](C(=O)NCCOc1ccc(C)c(Cl)c1)N(c1ccccc1F)S(C)(=O)=O. The molecular formula is C20H24ClFN2O4S. The van der Waals surface area contributed by atoms with E-state index in [1.807, 2.05) is 13.0 Å². The summed E-state index contributed by atoms with van der Waals surface area (Å²) in [5.74, 6) is -0.693. The van der Waals surface area contributed by atoms with E-state index in [1.165, 1.54) is 18.2 Å². The largest absolute Gasteiger partial charge is 0.492 e. The van der Waals surface area contributed by atoms with Gasteiger partial charge in [-0.05, 0) is 43.2 Å². The third-order valence-corrected chi connectivity index (χ3v) is 5.81. The van der Waals surface area contributed by atoms with Crippen molar-refractivity contribution in [3.8, 4) is 5.75 Å². The van der Waals surface area contributed by atoms with Gasteiger partial charge < -0.3 is 10.1 Å². The summed E-state index contributed by atoms with van der Waals surface area (Å²) in [6, 6.07) is 9.63. The second-order valence-electron chi connectivity index (χ2n) is 6.48. The molecule has 2 aromatic rings. The van der Waals surface area contributed by atoms with Crippen LogP contribution in [0.4, 0.5) is 10.1 Å². The molecule has 0 saturated carbocycles. The number of amides is 1. The molecule has 1 atom stereocenters. The van der Waals surface area contributed by atoms with Gasteiger partial charge in [0.2, 0.25) is 15.9 Å². The summed E-state index contributed by atoms with van der Waals surface area (Å²) < 4.78 is 45.2. The van der Waals surface area contributed by atoms with E-state index in [1.54, 1.807) is 19.1 Å². The fourth-order valence-electron chi connectivity index (χ4n) is 2.79. The van der Waals surface area contributed by atoms with Gasteiger partial charge in [-0.1, -0.05) is 36.7 Å². The maximum atomic E-state index is 14.2. The average molecular weight is 443 g/mol. The van der Waals surface area contributed by atoms with Crippen LogP contribution in [0.15, 0.2) is 42.5 Å². The number of rotatable bonds is 9. The number of nitrogens with zero attached hydrogens (tertiary/aromatic N) is 1. The number of carbonyl (C=O) groups is 1. The van der Waals surface area contributed by atoms with E-state index in [4.69, 9.17) is 16.3 Å². The molecule has 0 aliphatic rings. The molecule has 0 unspecified atom stereocenters. The molecule has 0 saturated heterocycles. The van der Waals surface area contributed by atoms with Crippen LogP contribution in [0, 0.1) is 12.7 Å². The van der Waals surface area contributed by atoms with Gasteiger partial charge >= 0.3 is 0 Å². The third kappa shape index (κ3) is 6.08.